The van der Waals surface area contributed by atoms with Crippen molar-refractivity contribution in [3.63, 3.8) is 0 Å². The molecular weight excluding hydrogens is 658 g/mol. The van der Waals surface area contributed by atoms with E-state index in [0.29, 0.717) is 50.5 Å². The van der Waals surface area contributed by atoms with Gasteiger partial charge in [0.1, 0.15) is 24.6 Å². The minimum Gasteiger partial charge on any atom is -0.478 e. The van der Waals surface area contributed by atoms with E-state index in [1.807, 2.05) is 6.07 Å². The summed E-state index contributed by atoms with van der Waals surface area (Å²) in [5.74, 6) is 0.574. The van der Waals surface area contributed by atoms with E-state index in [-0.39, 0.29) is 23.7 Å². The molecule has 8 rings (SSSR count). The average Bonchev–Trinajstić information content (AvgIpc) is 3.15. The van der Waals surface area contributed by atoms with Crippen LogP contribution in [-0.4, -0.2) is 81.9 Å². The number of aromatic carboxylic acids is 1. The van der Waals surface area contributed by atoms with E-state index in [1.54, 1.807) is 12.1 Å². The second kappa shape index (κ2) is 14.8. The third kappa shape index (κ3) is 6.51. The van der Waals surface area contributed by atoms with Gasteiger partial charge in [-0.1, -0.05) is 6.07 Å². The second-order valence-corrected chi connectivity index (χ2v) is 14.6. The number of rotatable bonds is 13. The van der Waals surface area contributed by atoms with Gasteiger partial charge in [0.25, 0.3) is 0 Å². The highest BCUT2D eigenvalue weighted by molar-refractivity contribution is 6.03. The largest absolute Gasteiger partial charge is 0.478 e. The molecule has 3 aromatic rings. The van der Waals surface area contributed by atoms with E-state index in [1.165, 1.54) is 40.2 Å². The van der Waals surface area contributed by atoms with Gasteiger partial charge in [-0.25, -0.2) is 9.37 Å². The van der Waals surface area contributed by atoms with Crippen LogP contribution in [0.2, 0.25) is 0 Å². The predicted octanol–water partition coefficient (Wildman–Crippen LogP) is 3.95. The van der Waals surface area contributed by atoms with Crippen LogP contribution in [0.5, 0.6) is 11.5 Å². The number of ether oxygens (including phenoxy) is 3. The van der Waals surface area contributed by atoms with Crippen molar-refractivity contribution < 1.29 is 33.7 Å². The Kier molecular flexibility index (Phi) is 9.85. The van der Waals surface area contributed by atoms with Gasteiger partial charge in [-0.15, -0.1) is 0 Å². The number of anilines is 1. The van der Waals surface area contributed by atoms with Crippen molar-refractivity contribution in [1.29, 1.82) is 0 Å². The first-order valence-electron chi connectivity index (χ1n) is 19.1. The minimum atomic E-state index is -1.01. The molecule has 272 valence electrons. The number of carbonyl (C=O) groups is 3. The van der Waals surface area contributed by atoms with Gasteiger partial charge in [0.15, 0.2) is 5.78 Å². The van der Waals surface area contributed by atoms with Gasteiger partial charge in [-0.2, -0.15) is 0 Å². The molecule has 5 heterocycles. The maximum Gasteiger partial charge on any atom is 0.336 e. The molecular formula is C42H48N3O7+. The summed E-state index contributed by atoms with van der Waals surface area (Å²) in [4.78, 5) is 40.1. The zero-order chi connectivity index (χ0) is 35.8. The highest BCUT2D eigenvalue weighted by Gasteiger charge is 2.36. The monoisotopic (exact) mass is 706 g/mol. The molecule has 3 aromatic carbocycles. The van der Waals surface area contributed by atoms with Crippen LogP contribution < -0.4 is 30.1 Å². The fraction of sp³-hybridized carbons (Fsp3) is 0.476. The predicted molar refractivity (Wildman–Crippen MR) is 198 cm³/mol. The number of carboxylic acid groups (broad SMARTS) is 1. The standard InChI is InChI=1S/C42H47N3O7/c1-26(46)43-14-20-51-22-21-50-19-6-11-36(47)27-12-13-30(42(48)49)33(23-27)37-34-24-28-7-2-15-44-17-4-9-31(38(28)44)40(34)52-41-32-10-5-18-45-16-3-8-29(39(32)45)25-35(37)41/h12-13,23-25H,2-11,14-22H2,1H3,(H-,43,46,48,49)/p+1. The number of amides is 1. The molecule has 0 atom stereocenters. The quantitative estimate of drug-likeness (QED) is 0.122. The van der Waals surface area contributed by atoms with Gasteiger partial charge in [0.05, 0.1) is 30.9 Å². The van der Waals surface area contributed by atoms with E-state index in [0.717, 1.165) is 105 Å². The van der Waals surface area contributed by atoms with Crippen molar-refractivity contribution >= 4 is 28.9 Å². The van der Waals surface area contributed by atoms with E-state index in [9.17, 15) is 19.5 Å². The summed E-state index contributed by atoms with van der Waals surface area (Å²) in [6, 6.07) is 9.61. The fourth-order valence-corrected chi connectivity index (χ4v) is 9.02. The maximum absolute atomic E-state index is 13.7. The molecule has 52 heavy (non-hydrogen) atoms. The average molecular weight is 707 g/mol. The van der Waals surface area contributed by atoms with Crippen LogP contribution >= 0.6 is 0 Å². The summed E-state index contributed by atoms with van der Waals surface area (Å²) in [5, 5.41) is 15.6. The lowest BCUT2D eigenvalue weighted by Gasteiger charge is -2.39. The molecule has 10 heteroatoms. The molecule has 0 fully saturated rings. The molecule has 5 aliphatic rings. The van der Waals surface area contributed by atoms with E-state index < -0.39 is 5.97 Å². The van der Waals surface area contributed by atoms with Crippen molar-refractivity contribution in [2.75, 3.05) is 64.1 Å². The first-order valence-corrected chi connectivity index (χ1v) is 19.1. The number of fused-ring (bicyclic) bond motifs is 4. The summed E-state index contributed by atoms with van der Waals surface area (Å²) in [6.45, 7) is 7.75. The molecule has 0 aliphatic carbocycles. The van der Waals surface area contributed by atoms with Crippen LogP contribution in [0.25, 0.3) is 5.57 Å². The molecule has 0 radical (unpaired) electrons. The Morgan fingerprint density at radius 2 is 1.60 bits per heavy atom. The third-order valence-electron chi connectivity index (χ3n) is 11.2. The SMILES string of the molecule is CC(=O)NCCOCCOCCCC(=O)c1ccc(C(=O)O)c(C2=c3cc4c5c(c3Oc3c2cc2c6c3CCCN6CCC2)CCC[N+]=5CCC4)c1. The lowest BCUT2D eigenvalue weighted by molar-refractivity contribution is -0.119. The molecule has 0 aromatic heterocycles. The Morgan fingerprint density at radius 3 is 2.40 bits per heavy atom. The van der Waals surface area contributed by atoms with Crippen molar-refractivity contribution in [2.45, 2.75) is 71.1 Å². The molecule has 5 aliphatic heterocycles. The Morgan fingerprint density at radius 1 is 0.846 bits per heavy atom. The number of Topliss-reactive ketones (excluding diaryl/α,β-unsaturated/α-hetero) is 1. The van der Waals surface area contributed by atoms with Gasteiger partial charge < -0.3 is 29.5 Å². The molecule has 0 unspecified atom stereocenters. The third-order valence-corrected chi connectivity index (χ3v) is 11.2. The van der Waals surface area contributed by atoms with Crippen LogP contribution in [-0.2, 0) is 40.0 Å². The number of benzene rings is 3. The number of aryl methyl sites for hydroxylation is 2. The number of ketones is 1. The van der Waals surface area contributed by atoms with Crippen molar-refractivity contribution in [1.82, 2.24) is 9.89 Å². The summed E-state index contributed by atoms with van der Waals surface area (Å²) in [6.07, 6.45) is 8.91. The lowest BCUT2D eigenvalue weighted by Crippen LogP contribution is -2.45. The lowest BCUT2D eigenvalue weighted by atomic mass is 9.81. The molecule has 0 saturated heterocycles. The van der Waals surface area contributed by atoms with Gasteiger partial charge >= 0.3 is 5.97 Å². The Bertz CT molecular complexity index is 2080. The Labute approximate surface area is 304 Å². The number of hydrogen-bond donors (Lipinski definition) is 2. The molecule has 10 nitrogen and oxygen atoms in total. The van der Waals surface area contributed by atoms with Crippen molar-refractivity contribution in [3.8, 4) is 11.5 Å². The van der Waals surface area contributed by atoms with Crippen molar-refractivity contribution in [3.05, 3.63) is 85.4 Å². The Balaban J connectivity index is 1.17. The Hall–Kier alpha value is -4.54. The summed E-state index contributed by atoms with van der Waals surface area (Å²) in [7, 11) is 0. The summed E-state index contributed by atoms with van der Waals surface area (Å²) in [5.41, 5.74) is 9.47. The molecule has 1 amide bonds. The number of carboxylic acids is 1. The fourth-order valence-electron chi connectivity index (χ4n) is 9.02. The van der Waals surface area contributed by atoms with Crippen LogP contribution in [0.4, 0.5) is 5.69 Å². The van der Waals surface area contributed by atoms with Crippen LogP contribution in [0.1, 0.15) is 99.5 Å². The zero-order valence-electron chi connectivity index (χ0n) is 30.1. The highest BCUT2D eigenvalue weighted by atomic mass is 16.5. The topological polar surface area (TPSA) is 117 Å². The zero-order valence-corrected chi connectivity index (χ0v) is 30.1. The maximum atomic E-state index is 13.7. The number of nitrogens with one attached hydrogen (secondary N) is 1. The number of carbonyl (C=O) groups excluding carboxylic acids is 2. The molecule has 2 N–H and O–H groups in total. The molecule has 0 saturated carbocycles. The van der Waals surface area contributed by atoms with E-state index >= 15 is 0 Å². The van der Waals surface area contributed by atoms with Gasteiger partial charge in [-0.3, -0.25) is 9.59 Å². The minimum absolute atomic E-state index is 0.0474. The number of nitrogens with zero attached hydrogens (tertiary/aromatic N) is 2. The van der Waals surface area contributed by atoms with Crippen LogP contribution in [0.15, 0.2) is 30.3 Å². The van der Waals surface area contributed by atoms with Gasteiger partial charge in [0, 0.05) is 91.2 Å². The van der Waals surface area contributed by atoms with Crippen molar-refractivity contribution in [2.24, 2.45) is 0 Å². The van der Waals surface area contributed by atoms with E-state index in [2.05, 4.69) is 26.9 Å². The second-order valence-electron chi connectivity index (χ2n) is 14.6. The molecule has 0 spiro atoms. The summed E-state index contributed by atoms with van der Waals surface area (Å²) < 4.78 is 20.8. The highest BCUT2D eigenvalue weighted by Crippen LogP contribution is 2.49. The first-order chi connectivity index (χ1) is 25.4. The molecule has 0 bridgehead atoms. The van der Waals surface area contributed by atoms with Gasteiger partial charge in [0.2, 0.25) is 11.3 Å². The number of hydrogen-bond acceptors (Lipinski definition) is 7. The van der Waals surface area contributed by atoms with Crippen LogP contribution in [0.3, 0.4) is 0 Å². The smallest absolute Gasteiger partial charge is 0.336 e. The van der Waals surface area contributed by atoms with Gasteiger partial charge in [-0.05, 0) is 80.3 Å². The first kappa shape index (κ1) is 34.5. The normalized spacial score (nSPS) is 16.7. The van der Waals surface area contributed by atoms with Crippen LogP contribution in [0, 0.1) is 0 Å². The van der Waals surface area contributed by atoms with E-state index in [4.69, 9.17) is 14.2 Å². The summed E-state index contributed by atoms with van der Waals surface area (Å²) >= 11 is 0.